The van der Waals surface area contributed by atoms with Crippen molar-refractivity contribution in [3.05, 3.63) is 46.8 Å². The van der Waals surface area contributed by atoms with Crippen LogP contribution in [-0.4, -0.2) is 40.2 Å². The predicted molar refractivity (Wildman–Crippen MR) is 96.5 cm³/mol. The number of hydrogen-bond acceptors (Lipinski definition) is 5. The molecule has 0 radical (unpaired) electrons. The van der Waals surface area contributed by atoms with Gasteiger partial charge in [-0.1, -0.05) is 23.9 Å². The highest BCUT2D eigenvalue weighted by Gasteiger charge is 2.13. The van der Waals surface area contributed by atoms with E-state index in [9.17, 15) is 13.6 Å². The Bertz CT molecular complexity index is 747. The first kappa shape index (κ1) is 20.1. The fourth-order valence-electron chi connectivity index (χ4n) is 2.18. The number of amides is 1. The molecule has 0 aliphatic carbocycles. The molecule has 0 N–H and O–H groups in total. The van der Waals surface area contributed by atoms with Gasteiger partial charge in [-0.2, -0.15) is 8.78 Å². The standard InChI is InChI=1S/C18H21F2N3O2S/c1-11-12(2)21-18(22-13(11)3)26-10-16(24)23(4)9-14-5-7-15(8-6-14)25-17(19)20/h5-8,17H,9-10H2,1-4H3. The molecule has 0 unspecified atom stereocenters. The first-order chi connectivity index (χ1) is 12.3. The lowest BCUT2D eigenvalue weighted by Gasteiger charge is -2.17. The monoisotopic (exact) mass is 381 g/mol. The molecule has 0 aliphatic heterocycles. The Morgan fingerprint density at radius 3 is 2.27 bits per heavy atom. The third kappa shape index (κ3) is 5.66. The molecule has 0 spiro atoms. The number of thioether (sulfide) groups is 1. The summed E-state index contributed by atoms with van der Waals surface area (Å²) in [5.41, 5.74) is 3.70. The molecule has 0 saturated carbocycles. The average Bonchev–Trinajstić information content (AvgIpc) is 2.58. The molecular weight excluding hydrogens is 360 g/mol. The van der Waals surface area contributed by atoms with Gasteiger partial charge in [0, 0.05) is 25.0 Å². The number of hydrogen-bond donors (Lipinski definition) is 0. The van der Waals surface area contributed by atoms with Crippen LogP contribution in [0.5, 0.6) is 5.75 Å². The summed E-state index contributed by atoms with van der Waals surface area (Å²) in [6.07, 6.45) is 0. The van der Waals surface area contributed by atoms with Crippen molar-refractivity contribution < 1.29 is 18.3 Å². The number of halogens is 2. The first-order valence-electron chi connectivity index (χ1n) is 7.98. The molecule has 0 aliphatic rings. The number of rotatable bonds is 7. The van der Waals surface area contributed by atoms with E-state index in [1.165, 1.54) is 23.9 Å². The van der Waals surface area contributed by atoms with Crippen LogP contribution in [0.1, 0.15) is 22.5 Å². The van der Waals surface area contributed by atoms with E-state index in [0.29, 0.717) is 11.7 Å². The molecule has 0 atom stereocenters. The SMILES string of the molecule is Cc1nc(SCC(=O)N(C)Cc2ccc(OC(F)F)cc2)nc(C)c1C. The Hall–Kier alpha value is -2.22. The summed E-state index contributed by atoms with van der Waals surface area (Å²) in [6, 6.07) is 6.23. The van der Waals surface area contributed by atoms with Crippen molar-refractivity contribution in [3.8, 4) is 5.75 Å². The lowest BCUT2D eigenvalue weighted by atomic mass is 10.2. The molecule has 0 fully saturated rings. The van der Waals surface area contributed by atoms with Gasteiger partial charge in [0.2, 0.25) is 5.91 Å². The largest absolute Gasteiger partial charge is 0.435 e. The van der Waals surface area contributed by atoms with Crippen LogP contribution in [-0.2, 0) is 11.3 Å². The van der Waals surface area contributed by atoms with Crippen LogP contribution in [0, 0.1) is 20.8 Å². The molecule has 0 saturated heterocycles. The molecule has 2 rings (SSSR count). The Morgan fingerprint density at radius 2 is 1.73 bits per heavy atom. The second-order valence-electron chi connectivity index (χ2n) is 5.86. The van der Waals surface area contributed by atoms with Gasteiger partial charge in [-0.3, -0.25) is 4.79 Å². The number of ether oxygens (including phenoxy) is 1. The molecule has 1 amide bonds. The van der Waals surface area contributed by atoms with Crippen molar-refractivity contribution in [2.24, 2.45) is 0 Å². The van der Waals surface area contributed by atoms with Crippen LogP contribution in [0.2, 0.25) is 0 Å². The van der Waals surface area contributed by atoms with Gasteiger partial charge in [0.05, 0.1) is 5.75 Å². The zero-order chi connectivity index (χ0) is 19.3. The summed E-state index contributed by atoms with van der Waals surface area (Å²) in [6.45, 7) is 3.34. The molecule has 1 aromatic heterocycles. The lowest BCUT2D eigenvalue weighted by Crippen LogP contribution is -2.27. The maximum absolute atomic E-state index is 12.3. The van der Waals surface area contributed by atoms with Crippen LogP contribution >= 0.6 is 11.8 Å². The van der Waals surface area contributed by atoms with E-state index in [2.05, 4.69) is 14.7 Å². The van der Waals surface area contributed by atoms with Crippen LogP contribution in [0.15, 0.2) is 29.4 Å². The van der Waals surface area contributed by atoms with Crippen molar-refractivity contribution in [1.29, 1.82) is 0 Å². The van der Waals surface area contributed by atoms with Crippen molar-refractivity contribution in [3.63, 3.8) is 0 Å². The number of aromatic nitrogens is 2. The normalized spacial score (nSPS) is 10.9. The minimum Gasteiger partial charge on any atom is -0.435 e. The molecule has 5 nitrogen and oxygen atoms in total. The summed E-state index contributed by atoms with van der Waals surface area (Å²) >= 11 is 1.30. The second-order valence-corrected chi connectivity index (χ2v) is 6.81. The molecular formula is C18H21F2N3O2S. The van der Waals surface area contributed by atoms with Gasteiger partial charge < -0.3 is 9.64 Å². The second kappa shape index (κ2) is 8.93. The summed E-state index contributed by atoms with van der Waals surface area (Å²) < 4.78 is 28.6. The maximum Gasteiger partial charge on any atom is 0.387 e. The summed E-state index contributed by atoms with van der Waals surface area (Å²) in [4.78, 5) is 22.6. The number of nitrogens with zero attached hydrogens (tertiary/aromatic N) is 3. The summed E-state index contributed by atoms with van der Waals surface area (Å²) in [5.74, 6) is 0.253. The molecule has 1 heterocycles. The van der Waals surface area contributed by atoms with E-state index >= 15 is 0 Å². The third-order valence-corrected chi connectivity index (χ3v) is 4.76. The van der Waals surface area contributed by atoms with Gasteiger partial charge >= 0.3 is 6.61 Å². The Morgan fingerprint density at radius 1 is 1.15 bits per heavy atom. The zero-order valence-electron chi connectivity index (χ0n) is 15.1. The number of alkyl halides is 2. The van der Waals surface area contributed by atoms with Crippen molar-refractivity contribution in [2.75, 3.05) is 12.8 Å². The Balaban J connectivity index is 1.89. The maximum atomic E-state index is 12.3. The predicted octanol–water partition coefficient (Wildman–Crippen LogP) is 3.75. The van der Waals surface area contributed by atoms with Gasteiger partial charge in [-0.25, -0.2) is 9.97 Å². The molecule has 1 aromatic carbocycles. The van der Waals surface area contributed by atoms with Gasteiger partial charge in [0.25, 0.3) is 0 Å². The van der Waals surface area contributed by atoms with Gasteiger partial charge in [0.1, 0.15) is 5.75 Å². The summed E-state index contributed by atoms with van der Waals surface area (Å²) in [7, 11) is 1.69. The first-order valence-corrected chi connectivity index (χ1v) is 8.97. The minimum absolute atomic E-state index is 0.0672. The van der Waals surface area contributed by atoms with Crippen LogP contribution in [0.4, 0.5) is 8.78 Å². The van der Waals surface area contributed by atoms with E-state index in [4.69, 9.17) is 0 Å². The molecule has 0 bridgehead atoms. The fourth-order valence-corrected chi connectivity index (χ4v) is 3.06. The zero-order valence-corrected chi connectivity index (χ0v) is 15.9. The topological polar surface area (TPSA) is 55.3 Å². The smallest absolute Gasteiger partial charge is 0.387 e. The van der Waals surface area contributed by atoms with Crippen molar-refractivity contribution in [1.82, 2.24) is 14.9 Å². The molecule has 8 heteroatoms. The highest BCUT2D eigenvalue weighted by atomic mass is 32.2. The highest BCUT2D eigenvalue weighted by molar-refractivity contribution is 7.99. The number of benzene rings is 1. The fraction of sp³-hybridized carbons (Fsp3) is 0.389. The van der Waals surface area contributed by atoms with Crippen LogP contribution < -0.4 is 4.74 Å². The van der Waals surface area contributed by atoms with Crippen molar-refractivity contribution >= 4 is 17.7 Å². The summed E-state index contributed by atoms with van der Waals surface area (Å²) in [5, 5.41) is 0.584. The average molecular weight is 381 g/mol. The van der Waals surface area contributed by atoms with E-state index < -0.39 is 6.61 Å². The van der Waals surface area contributed by atoms with Gasteiger partial charge in [-0.15, -0.1) is 0 Å². The third-order valence-electron chi connectivity index (χ3n) is 3.93. The molecule has 2 aromatic rings. The number of aryl methyl sites for hydroxylation is 2. The number of carbonyl (C=O) groups is 1. The Labute approximate surface area is 155 Å². The lowest BCUT2D eigenvalue weighted by molar-refractivity contribution is -0.127. The molecule has 140 valence electrons. The van der Waals surface area contributed by atoms with E-state index in [1.807, 2.05) is 20.8 Å². The quantitative estimate of drug-likeness (QED) is 0.540. The Kier molecular flexibility index (Phi) is 6.90. The van der Waals surface area contributed by atoms with Crippen LogP contribution in [0.3, 0.4) is 0 Å². The highest BCUT2D eigenvalue weighted by Crippen LogP contribution is 2.19. The van der Waals surface area contributed by atoms with E-state index in [0.717, 1.165) is 22.5 Å². The minimum atomic E-state index is -2.85. The number of carbonyl (C=O) groups excluding carboxylic acids is 1. The van der Waals surface area contributed by atoms with Gasteiger partial charge in [-0.05, 0) is 44.0 Å². The molecule has 26 heavy (non-hydrogen) atoms. The van der Waals surface area contributed by atoms with E-state index in [1.54, 1.807) is 24.1 Å². The van der Waals surface area contributed by atoms with Gasteiger partial charge in [0.15, 0.2) is 5.16 Å². The van der Waals surface area contributed by atoms with E-state index in [-0.39, 0.29) is 17.4 Å². The van der Waals surface area contributed by atoms with Crippen molar-refractivity contribution in [2.45, 2.75) is 39.1 Å². The van der Waals surface area contributed by atoms with Crippen LogP contribution in [0.25, 0.3) is 0 Å².